The van der Waals surface area contributed by atoms with Gasteiger partial charge in [0.25, 0.3) is 5.69 Å². The summed E-state index contributed by atoms with van der Waals surface area (Å²) in [6.07, 6.45) is 0. The zero-order chi connectivity index (χ0) is 14.0. The van der Waals surface area contributed by atoms with Gasteiger partial charge in [0, 0.05) is 17.5 Å². The average molecular weight is 281 g/mol. The Hall–Kier alpha value is -2.55. The van der Waals surface area contributed by atoms with Gasteiger partial charge < -0.3 is 9.84 Å². The van der Waals surface area contributed by atoms with Crippen LogP contribution in [-0.4, -0.2) is 33.1 Å². The highest BCUT2D eigenvalue weighted by molar-refractivity contribution is 7.13. The van der Waals surface area contributed by atoms with Crippen LogP contribution in [0.1, 0.15) is 10.5 Å². The van der Waals surface area contributed by atoms with E-state index in [-0.39, 0.29) is 28.0 Å². The minimum atomic E-state index is -1.20. The predicted molar refractivity (Wildman–Crippen MR) is 65.5 cm³/mol. The minimum Gasteiger partial charge on any atom is -0.481 e. The topological polar surface area (TPSA) is 115 Å². The van der Waals surface area contributed by atoms with Gasteiger partial charge >= 0.3 is 5.97 Å². The largest absolute Gasteiger partial charge is 0.481 e. The zero-order valence-electron chi connectivity index (χ0n) is 9.56. The van der Waals surface area contributed by atoms with E-state index in [4.69, 9.17) is 9.84 Å². The number of carbonyl (C=O) groups is 1. The van der Waals surface area contributed by atoms with Crippen LogP contribution in [0, 0.1) is 10.1 Å². The third-order valence-electron chi connectivity index (χ3n) is 2.18. The summed E-state index contributed by atoms with van der Waals surface area (Å²) in [5, 5.41) is 21.2. The molecule has 0 saturated carbocycles. The highest BCUT2D eigenvalue weighted by atomic mass is 32.1. The van der Waals surface area contributed by atoms with Crippen LogP contribution >= 0.6 is 11.3 Å². The number of rotatable bonds is 4. The molecule has 0 fully saturated rings. The molecule has 9 heteroatoms. The van der Waals surface area contributed by atoms with Gasteiger partial charge in [-0.15, -0.1) is 11.3 Å². The summed E-state index contributed by atoms with van der Waals surface area (Å²) in [6.45, 7) is 0. The van der Waals surface area contributed by atoms with Crippen molar-refractivity contribution in [3.05, 3.63) is 33.3 Å². The maximum atomic E-state index is 10.9. The lowest BCUT2D eigenvalue weighted by Gasteiger charge is -2.02. The molecule has 0 amide bonds. The number of pyridine rings is 1. The minimum absolute atomic E-state index is 0.0122. The standard InChI is InChI=1S/C10H7N3O5S/c1-18-7-3-2-6(13(16)17)8(12-7)9-11-5(4-19-9)10(14)15/h2-4H,1H3,(H,14,15). The van der Waals surface area contributed by atoms with Crippen LogP contribution < -0.4 is 4.74 Å². The first-order valence-corrected chi connectivity index (χ1v) is 5.79. The third-order valence-corrected chi connectivity index (χ3v) is 3.03. The Labute approximate surface area is 110 Å². The lowest BCUT2D eigenvalue weighted by molar-refractivity contribution is -0.384. The van der Waals surface area contributed by atoms with Gasteiger partial charge in [0.2, 0.25) is 5.88 Å². The van der Waals surface area contributed by atoms with Crippen LogP contribution in [0.5, 0.6) is 5.88 Å². The van der Waals surface area contributed by atoms with Gasteiger partial charge in [-0.25, -0.2) is 14.8 Å². The van der Waals surface area contributed by atoms with Crippen molar-refractivity contribution in [2.45, 2.75) is 0 Å². The van der Waals surface area contributed by atoms with Gasteiger partial charge in [-0.05, 0) is 0 Å². The van der Waals surface area contributed by atoms with E-state index in [1.807, 2.05) is 0 Å². The van der Waals surface area contributed by atoms with Crippen molar-refractivity contribution < 1.29 is 19.6 Å². The highest BCUT2D eigenvalue weighted by Crippen LogP contribution is 2.32. The molecule has 0 unspecified atom stereocenters. The molecule has 0 aliphatic heterocycles. The first kappa shape index (κ1) is 12.9. The molecule has 8 nitrogen and oxygen atoms in total. The normalized spacial score (nSPS) is 10.2. The smallest absolute Gasteiger partial charge is 0.355 e. The number of nitrogens with zero attached hydrogens (tertiary/aromatic N) is 3. The molecule has 2 aromatic rings. The molecule has 0 radical (unpaired) electrons. The molecule has 19 heavy (non-hydrogen) atoms. The molecule has 0 saturated heterocycles. The molecule has 2 heterocycles. The Morgan fingerprint density at radius 1 is 1.47 bits per heavy atom. The van der Waals surface area contributed by atoms with Gasteiger partial charge in [-0.2, -0.15) is 0 Å². The Bertz CT molecular complexity index is 654. The Morgan fingerprint density at radius 2 is 2.21 bits per heavy atom. The number of thiazole rings is 1. The highest BCUT2D eigenvalue weighted by Gasteiger charge is 2.22. The summed E-state index contributed by atoms with van der Waals surface area (Å²) in [5.74, 6) is -1.01. The summed E-state index contributed by atoms with van der Waals surface area (Å²) in [5.41, 5.74) is -0.451. The van der Waals surface area contributed by atoms with Crippen LogP contribution in [0.2, 0.25) is 0 Å². The number of ether oxygens (including phenoxy) is 1. The second-order valence-corrected chi connectivity index (χ2v) is 4.18. The fourth-order valence-corrected chi connectivity index (χ4v) is 2.12. The number of nitro groups is 1. The van der Waals surface area contributed by atoms with E-state index in [1.54, 1.807) is 0 Å². The van der Waals surface area contributed by atoms with Crippen molar-refractivity contribution in [1.29, 1.82) is 0 Å². The van der Waals surface area contributed by atoms with Crippen molar-refractivity contribution in [1.82, 2.24) is 9.97 Å². The third kappa shape index (κ3) is 2.50. The quantitative estimate of drug-likeness (QED) is 0.671. The molecule has 0 bridgehead atoms. The van der Waals surface area contributed by atoms with Crippen molar-refractivity contribution in [2.24, 2.45) is 0 Å². The van der Waals surface area contributed by atoms with Crippen molar-refractivity contribution in [3.8, 4) is 16.6 Å². The molecule has 0 aliphatic carbocycles. The summed E-state index contributed by atoms with van der Waals surface area (Å²) in [4.78, 5) is 28.8. The van der Waals surface area contributed by atoms with Crippen molar-refractivity contribution in [2.75, 3.05) is 7.11 Å². The maximum absolute atomic E-state index is 10.9. The van der Waals surface area contributed by atoms with Gasteiger partial charge in [0.15, 0.2) is 11.4 Å². The second-order valence-electron chi connectivity index (χ2n) is 3.32. The fourth-order valence-electron chi connectivity index (χ4n) is 1.33. The molecule has 1 N–H and O–H groups in total. The lowest BCUT2D eigenvalue weighted by atomic mass is 10.3. The van der Waals surface area contributed by atoms with E-state index in [9.17, 15) is 14.9 Å². The monoisotopic (exact) mass is 281 g/mol. The van der Waals surface area contributed by atoms with Gasteiger partial charge in [-0.3, -0.25) is 10.1 Å². The van der Waals surface area contributed by atoms with Crippen LogP contribution in [0.15, 0.2) is 17.5 Å². The molecule has 0 atom stereocenters. The van der Waals surface area contributed by atoms with Crippen molar-refractivity contribution in [3.63, 3.8) is 0 Å². The Balaban J connectivity index is 2.57. The van der Waals surface area contributed by atoms with E-state index < -0.39 is 10.9 Å². The van der Waals surface area contributed by atoms with Crippen molar-refractivity contribution >= 4 is 23.0 Å². The van der Waals surface area contributed by atoms with Gasteiger partial charge in [0.1, 0.15) is 5.01 Å². The first-order valence-electron chi connectivity index (χ1n) is 4.91. The molecule has 0 aromatic carbocycles. The van der Waals surface area contributed by atoms with E-state index in [1.165, 1.54) is 24.6 Å². The van der Waals surface area contributed by atoms with Crippen LogP contribution in [0.3, 0.4) is 0 Å². The Kier molecular flexibility index (Phi) is 3.38. The van der Waals surface area contributed by atoms with Crippen LogP contribution in [0.25, 0.3) is 10.7 Å². The maximum Gasteiger partial charge on any atom is 0.355 e. The molecular weight excluding hydrogens is 274 g/mol. The molecule has 0 spiro atoms. The van der Waals surface area contributed by atoms with Gasteiger partial charge in [-0.1, -0.05) is 0 Å². The lowest BCUT2D eigenvalue weighted by Crippen LogP contribution is -1.99. The first-order chi connectivity index (χ1) is 9.02. The summed E-state index contributed by atoms with van der Waals surface area (Å²) < 4.78 is 4.89. The summed E-state index contributed by atoms with van der Waals surface area (Å²) in [7, 11) is 1.38. The number of carboxylic acid groups (broad SMARTS) is 1. The number of hydrogen-bond acceptors (Lipinski definition) is 7. The van der Waals surface area contributed by atoms with Gasteiger partial charge in [0.05, 0.1) is 12.0 Å². The van der Waals surface area contributed by atoms with Crippen LogP contribution in [0.4, 0.5) is 5.69 Å². The molecule has 0 aliphatic rings. The average Bonchev–Trinajstić information content (AvgIpc) is 2.87. The van der Waals surface area contributed by atoms with E-state index in [0.29, 0.717) is 0 Å². The fraction of sp³-hybridized carbons (Fsp3) is 0.100. The number of aromatic nitrogens is 2. The number of hydrogen-bond donors (Lipinski definition) is 1. The SMILES string of the molecule is COc1ccc([N+](=O)[O-])c(-c2nc(C(=O)O)cs2)n1. The number of methoxy groups -OCH3 is 1. The predicted octanol–water partition coefficient (Wildman–Crippen LogP) is 1.82. The molecule has 2 rings (SSSR count). The molecular formula is C10H7N3O5S. The van der Waals surface area contributed by atoms with E-state index in [0.717, 1.165) is 11.3 Å². The van der Waals surface area contributed by atoms with Crippen LogP contribution in [-0.2, 0) is 0 Å². The summed E-state index contributed by atoms with van der Waals surface area (Å²) in [6, 6.07) is 2.59. The Morgan fingerprint density at radius 3 is 2.74 bits per heavy atom. The number of aromatic carboxylic acids is 1. The van der Waals surface area contributed by atoms with E-state index in [2.05, 4.69) is 9.97 Å². The second kappa shape index (κ2) is 4.98. The summed E-state index contributed by atoms with van der Waals surface area (Å²) >= 11 is 0.967. The van der Waals surface area contributed by atoms with E-state index >= 15 is 0 Å². The number of carboxylic acids is 1. The zero-order valence-corrected chi connectivity index (χ0v) is 10.4. The molecule has 2 aromatic heterocycles. The molecule has 98 valence electrons.